The molecule has 30 heavy (non-hydrogen) atoms. The Morgan fingerprint density at radius 2 is 2.03 bits per heavy atom. The molecule has 7 heteroatoms. The number of fused-ring (bicyclic) bond motifs is 1. The summed E-state index contributed by atoms with van der Waals surface area (Å²) in [4.78, 5) is 35.1. The van der Waals surface area contributed by atoms with E-state index in [0.717, 1.165) is 11.3 Å². The first-order valence-corrected chi connectivity index (χ1v) is 9.89. The lowest BCUT2D eigenvalue weighted by atomic mass is 9.95. The standard InChI is InChI=1S/C23H23FN4O2/c1-14-5-3-7-17(11-14)22(29)27-15(2)23(30)28-10-9-19-20(26-13-25-19)21(28)16-6-4-8-18(24)12-16/h3-8,11-13,15,21H,9-10H2,1-2H3,(H,25,26)(H,27,29). The van der Waals surface area contributed by atoms with Crippen LogP contribution in [0.25, 0.3) is 0 Å². The minimum absolute atomic E-state index is 0.237. The van der Waals surface area contributed by atoms with Crippen molar-refractivity contribution < 1.29 is 14.0 Å². The van der Waals surface area contributed by atoms with E-state index < -0.39 is 12.1 Å². The number of H-pyrrole nitrogens is 1. The molecule has 154 valence electrons. The van der Waals surface area contributed by atoms with Gasteiger partial charge in [0.15, 0.2) is 0 Å². The number of rotatable bonds is 4. The fraction of sp³-hybridized carbons (Fsp3) is 0.261. The molecule has 4 rings (SSSR count). The third-order valence-corrected chi connectivity index (χ3v) is 5.37. The molecule has 3 aromatic rings. The number of benzene rings is 2. The smallest absolute Gasteiger partial charge is 0.251 e. The first kappa shape index (κ1) is 19.8. The van der Waals surface area contributed by atoms with Gasteiger partial charge in [0, 0.05) is 24.2 Å². The lowest BCUT2D eigenvalue weighted by Gasteiger charge is -2.37. The lowest BCUT2D eigenvalue weighted by Crippen LogP contribution is -2.50. The van der Waals surface area contributed by atoms with Crippen molar-refractivity contribution in [1.82, 2.24) is 20.2 Å². The van der Waals surface area contributed by atoms with Crippen LogP contribution in [-0.2, 0) is 11.2 Å². The van der Waals surface area contributed by atoms with Crippen molar-refractivity contribution in [3.05, 3.63) is 88.8 Å². The number of hydrogen-bond donors (Lipinski definition) is 2. The molecule has 2 N–H and O–H groups in total. The molecule has 1 aromatic heterocycles. The number of imidazole rings is 1. The molecular formula is C23H23FN4O2. The van der Waals surface area contributed by atoms with E-state index in [2.05, 4.69) is 15.3 Å². The Bertz CT molecular complexity index is 1090. The number of carbonyl (C=O) groups excluding carboxylic acids is 2. The molecule has 0 radical (unpaired) electrons. The van der Waals surface area contributed by atoms with Crippen molar-refractivity contribution in [2.24, 2.45) is 0 Å². The van der Waals surface area contributed by atoms with Crippen molar-refractivity contribution >= 4 is 11.8 Å². The van der Waals surface area contributed by atoms with Crippen LogP contribution >= 0.6 is 0 Å². The van der Waals surface area contributed by atoms with Crippen molar-refractivity contribution in [1.29, 1.82) is 0 Å². The summed E-state index contributed by atoms with van der Waals surface area (Å²) in [6, 6.07) is 12.1. The quantitative estimate of drug-likeness (QED) is 0.699. The first-order chi connectivity index (χ1) is 14.4. The summed E-state index contributed by atoms with van der Waals surface area (Å²) in [6.45, 7) is 4.02. The molecule has 0 aliphatic carbocycles. The zero-order valence-corrected chi connectivity index (χ0v) is 16.9. The largest absolute Gasteiger partial charge is 0.348 e. The van der Waals surface area contributed by atoms with Gasteiger partial charge >= 0.3 is 0 Å². The van der Waals surface area contributed by atoms with Crippen LogP contribution < -0.4 is 5.32 Å². The van der Waals surface area contributed by atoms with Crippen LogP contribution in [-0.4, -0.2) is 39.3 Å². The molecule has 2 atom stereocenters. The van der Waals surface area contributed by atoms with E-state index in [1.165, 1.54) is 12.1 Å². The molecule has 0 saturated carbocycles. The van der Waals surface area contributed by atoms with Crippen LogP contribution in [0, 0.1) is 12.7 Å². The predicted octanol–water partition coefficient (Wildman–Crippen LogP) is 3.15. The zero-order valence-electron chi connectivity index (χ0n) is 16.9. The second-order valence-electron chi connectivity index (χ2n) is 7.57. The maximum Gasteiger partial charge on any atom is 0.251 e. The Balaban J connectivity index is 1.59. The summed E-state index contributed by atoms with van der Waals surface area (Å²) in [5.74, 6) is -0.915. The van der Waals surface area contributed by atoms with Crippen LogP contribution in [0.3, 0.4) is 0 Å². The number of halogens is 1. The van der Waals surface area contributed by atoms with Gasteiger partial charge in [-0.1, -0.05) is 29.8 Å². The van der Waals surface area contributed by atoms with Gasteiger partial charge in [-0.25, -0.2) is 9.37 Å². The molecule has 6 nitrogen and oxygen atoms in total. The minimum atomic E-state index is -0.741. The van der Waals surface area contributed by atoms with Crippen molar-refractivity contribution in [2.75, 3.05) is 6.54 Å². The van der Waals surface area contributed by atoms with E-state index in [4.69, 9.17) is 0 Å². The predicted molar refractivity (Wildman–Crippen MR) is 110 cm³/mol. The highest BCUT2D eigenvalue weighted by Crippen LogP contribution is 2.34. The number of nitrogens with one attached hydrogen (secondary N) is 2. The second kappa shape index (κ2) is 8.10. The molecule has 0 fully saturated rings. The Kier molecular flexibility index (Phi) is 5.35. The number of aryl methyl sites for hydroxylation is 1. The van der Waals surface area contributed by atoms with Crippen LogP contribution in [0.5, 0.6) is 0 Å². The molecule has 2 unspecified atom stereocenters. The summed E-state index contributed by atoms with van der Waals surface area (Å²) < 4.78 is 13.9. The molecule has 2 heterocycles. The molecule has 1 aliphatic rings. The number of hydrogen-bond acceptors (Lipinski definition) is 3. The monoisotopic (exact) mass is 406 g/mol. The summed E-state index contributed by atoms with van der Waals surface area (Å²) in [5, 5.41) is 2.79. The highest BCUT2D eigenvalue weighted by Gasteiger charge is 2.36. The van der Waals surface area contributed by atoms with Gasteiger partial charge in [0.05, 0.1) is 12.0 Å². The molecule has 2 aromatic carbocycles. The maximum absolute atomic E-state index is 13.9. The number of carbonyl (C=O) groups is 2. The van der Waals surface area contributed by atoms with Gasteiger partial charge in [-0.3, -0.25) is 9.59 Å². The third kappa shape index (κ3) is 3.83. The number of aromatic amines is 1. The molecule has 0 saturated heterocycles. The number of aromatic nitrogens is 2. The maximum atomic E-state index is 13.9. The zero-order chi connectivity index (χ0) is 21.3. The Hall–Kier alpha value is -3.48. The fourth-order valence-electron chi connectivity index (χ4n) is 3.91. The van der Waals surface area contributed by atoms with Gasteiger partial charge in [-0.2, -0.15) is 0 Å². The van der Waals surface area contributed by atoms with Gasteiger partial charge in [-0.15, -0.1) is 0 Å². The van der Waals surface area contributed by atoms with Crippen LogP contribution in [0.2, 0.25) is 0 Å². The van der Waals surface area contributed by atoms with E-state index in [9.17, 15) is 14.0 Å². The lowest BCUT2D eigenvalue weighted by molar-refractivity contribution is -0.135. The van der Waals surface area contributed by atoms with E-state index >= 15 is 0 Å². The van der Waals surface area contributed by atoms with Crippen LogP contribution in [0.1, 0.15) is 45.8 Å². The first-order valence-electron chi connectivity index (χ1n) is 9.89. The number of amides is 2. The third-order valence-electron chi connectivity index (χ3n) is 5.37. The van der Waals surface area contributed by atoms with E-state index in [0.29, 0.717) is 29.8 Å². The summed E-state index contributed by atoms with van der Waals surface area (Å²) >= 11 is 0. The van der Waals surface area contributed by atoms with Gasteiger partial charge in [-0.05, 0) is 43.7 Å². The molecule has 0 bridgehead atoms. The topological polar surface area (TPSA) is 78.1 Å². The average molecular weight is 406 g/mol. The van der Waals surface area contributed by atoms with Gasteiger partial charge in [0.1, 0.15) is 17.9 Å². The average Bonchev–Trinajstić information content (AvgIpc) is 3.21. The summed E-state index contributed by atoms with van der Waals surface area (Å²) in [6.07, 6.45) is 2.21. The minimum Gasteiger partial charge on any atom is -0.348 e. The Morgan fingerprint density at radius 1 is 1.23 bits per heavy atom. The Morgan fingerprint density at radius 3 is 2.80 bits per heavy atom. The SMILES string of the molecule is Cc1cccc(C(=O)NC(C)C(=O)N2CCc3[nH]cnc3C2c2cccc(F)c2)c1. The van der Waals surface area contributed by atoms with Crippen molar-refractivity contribution in [3.63, 3.8) is 0 Å². The normalized spacial score (nSPS) is 16.6. The highest BCUT2D eigenvalue weighted by molar-refractivity contribution is 5.97. The summed E-state index contributed by atoms with van der Waals surface area (Å²) in [5.41, 5.74) is 3.76. The van der Waals surface area contributed by atoms with Crippen LogP contribution in [0.4, 0.5) is 4.39 Å². The van der Waals surface area contributed by atoms with Gasteiger partial charge in [0.2, 0.25) is 5.91 Å². The molecule has 0 spiro atoms. The Labute approximate surface area is 174 Å². The molecule has 2 amide bonds. The van der Waals surface area contributed by atoms with Crippen LogP contribution in [0.15, 0.2) is 54.9 Å². The summed E-state index contributed by atoms with van der Waals surface area (Å²) in [7, 11) is 0. The number of nitrogens with zero attached hydrogens (tertiary/aromatic N) is 2. The molecular weight excluding hydrogens is 383 g/mol. The van der Waals surface area contributed by atoms with E-state index in [-0.39, 0.29) is 17.6 Å². The van der Waals surface area contributed by atoms with E-state index in [1.54, 1.807) is 48.5 Å². The fourth-order valence-corrected chi connectivity index (χ4v) is 3.91. The van der Waals surface area contributed by atoms with E-state index in [1.807, 2.05) is 13.0 Å². The second-order valence-corrected chi connectivity index (χ2v) is 7.57. The van der Waals surface area contributed by atoms with Gasteiger partial charge < -0.3 is 15.2 Å². The van der Waals surface area contributed by atoms with Crippen molar-refractivity contribution in [3.8, 4) is 0 Å². The van der Waals surface area contributed by atoms with Gasteiger partial charge in [0.25, 0.3) is 5.91 Å². The molecule has 1 aliphatic heterocycles. The highest BCUT2D eigenvalue weighted by atomic mass is 19.1. The van der Waals surface area contributed by atoms with Crippen molar-refractivity contribution in [2.45, 2.75) is 32.4 Å².